The minimum atomic E-state index is 1.13. The van der Waals surface area contributed by atoms with E-state index in [2.05, 4.69) is 58.8 Å². The highest BCUT2D eigenvalue weighted by molar-refractivity contribution is 9.11. The van der Waals surface area contributed by atoms with Crippen LogP contribution in [0.2, 0.25) is 0 Å². The fourth-order valence-corrected chi connectivity index (χ4v) is 2.21. The van der Waals surface area contributed by atoms with Gasteiger partial charge < -0.3 is 0 Å². The lowest BCUT2D eigenvalue weighted by Gasteiger charge is -2.02. The van der Waals surface area contributed by atoms with E-state index in [1.807, 2.05) is 0 Å². The summed E-state index contributed by atoms with van der Waals surface area (Å²) in [6.07, 6.45) is 0. The van der Waals surface area contributed by atoms with Gasteiger partial charge in [0.2, 0.25) is 0 Å². The van der Waals surface area contributed by atoms with Crippen molar-refractivity contribution in [2.75, 3.05) is 0 Å². The van der Waals surface area contributed by atoms with E-state index in [0.29, 0.717) is 0 Å². The van der Waals surface area contributed by atoms with Crippen LogP contribution in [0.1, 0.15) is 5.56 Å². The molecule has 0 saturated carbocycles. The molecule has 0 spiro atoms. The summed E-state index contributed by atoms with van der Waals surface area (Å²) in [7, 11) is 2.10. The summed E-state index contributed by atoms with van der Waals surface area (Å²) in [6.45, 7) is 2.10. The number of halogens is 2. The minimum Gasteiger partial charge on any atom is -0.0839 e. The van der Waals surface area contributed by atoms with Crippen LogP contribution in [-0.4, -0.2) is 7.85 Å². The van der Waals surface area contributed by atoms with Crippen LogP contribution in [0.4, 0.5) is 0 Å². The Bertz CT molecular complexity index is 235. The quantitative estimate of drug-likeness (QED) is 0.625. The van der Waals surface area contributed by atoms with Crippen molar-refractivity contribution in [2.45, 2.75) is 6.92 Å². The summed E-state index contributed by atoms with van der Waals surface area (Å²) >= 11 is 6.88. The molecule has 0 aromatic heterocycles. The molecule has 0 N–H and O–H groups in total. The van der Waals surface area contributed by atoms with Gasteiger partial charge >= 0.3 is 0 Å². The third kappa shape index (κ3) is 1.64. The second kappa shape index (κ2) is 3.10. The molecular weight excluding hydrogens is 255 g/mol. The lowest BCUT2D eigenvalue weighted by molar-refractivity contribution is 1.46. The largest absolute Gasteiger partial charge is 0.139 e. The molecule has 0 bridgehead atoms. The zero-order valence-electron chi connectivity index (χ0n) is 5.91. The molecule has 0 nitrogen and oxygen atoms in total. The first kappa shape index (κ1) is 8.34. The molecule has 1 aromatic carbocycles. The van der Waals surface area contributed by atoms with Crippen LogP contribution in [-0.2, 0) is 0 Å². The maximum absolute atomic E-state index is 3.47. The molecule has 0 aliphatic rings. The summed E-state index contributed by atoms with van der Waals surface area (Å²) < 4.78 is 2.29. The van der Waals surface area contributed by atoms with Gasteiger partial charge in [-0.15, -0.1) is 0 Å². The van der Waals surface area contributed by atoms with Crippen LogP contribution < -0.4 is 5.46 Å². The molecular formula is C7H7BBr2. The third-order valence-electron chi connectivity index (χ3n) is 1.57. The first-order valence-corrected chi connectivity index (χ1v) is 4.62. The van der Waals surface area contributed by atoms with Gasteiger partial charge in [0.05, 0.1) is 0 Å². The Morgan fingerprint density at radius 3 is 2.40 bits per heavy atom. The van der Waals surface area contributed by atoms with E-state index in [1.165, 1.54) is 15.5 Å². The molecule has 0 aliphatic carbocycles. The van der Waals surface area contributed by atoms with E-state index >= 15 is 0 Å². The summed E-state index contributed by atoms with van der Waals surface area (Å²) in [5.74, 6) is 0. The van der Waals surface area contributed by atoms with E-state index in [4.69, 9.17) is 0 Å². The Morgan fingerprint density at radius 1 is 1.30 bits per heavy atom. The van der Waals surface area contributed by atoms with Gasteiger partial charge in [-0.3, -0.25) is 0 Å². The molecule has 52 valence electrons. The van der Waals surface area contributed by atoms with Gasteiger partial charge in [-0.05, 0) is 18.6 Å². The SMILES string of the molecule is Bc1cc(Br)cc(Br)c1C. The van der Waals surface area contributed by atoms with Crippen molar-refractivity contribution in [3.8, 4) is 0 Å². The van der Waals surface area contributed by atoms with Crippen LogP contribution in [0.25, 0.3) is 0 Å². The van der Waals surface area contributed by atoms with Crippen LogP contribution >= 0.6 is 31.9 Å². The van der Waals surface area contributed by atoms with Crippen molar-refractivity contribution in [2.24, 2.45) is 0 Å². The van der Waals surface area contributed by atoms with Crippen LogP contribution in [0, 0.1) is 6.92 Å². The highest BCUT2D eigenvalue weighted by Crippen LogP contribution is 2.18. The highest BCUT2D eigenvalue weighted by atomic mass is 79.9. The Morgan fingerprint density at radius 2 is 1.90 bits per heavy atom. The molecule has 0 fully saturated rings. The van der Waals surface area contributed by atoms with E-state index in [0.717, 1.165) is 4.47 Å². The summed E-state index contributed by atoms with van der Waals surface area (Å²) in [4.78, 5) is 0. The average molecular weight is 262 g/mol. The van der Waals surface area contributed by atoms with Gasteiger partial charge in [-0.1, -0.05) is 43.4 Å². The number of rotatable bonds is 0. The van der Waals surface area contributed by atoms with Crippen molar-refractivity contribution in [3.63, 3.8) is 0 Å². The first-order valence-electron chi connectivity index (χ1n) is 3.03. The van der Waals surface area contributed by atoms with Gasteiger partial charge in [-0.2, -0.15) is 0 Å². The number of hydrogen-bond donors (Lipinski definition) is 0. The van der Waals surface area contributed by atoms with Crippen molar-refractivity contribution >= 4 is 45.2 Å². The predicted molar refractivity (Wildman–Crippen MR) is 54.8 cm³/mol. The molecule has 3 heteroatoms. The Labute approximate surface area is 78.7 Å². The fraction of sp³-hybridized carbons (Fsp3) is 0.143. The number of benzene rings is 1. The Hall–Kier alpha value is 0.245. The number of hydrogen-bond acceptors (Lipinski definition) is 0. The van der Waals surface area contributed by atoms with E-state index in [9.17, 15) is 0 Å². The van der Waals surface area contributed by atoms with Gasteiger partial charge in [0, 0.05) is 8.95 Å². The van der Waals surface area contributed by atoms with Crippen molar-refractivity contribution in [3.05, 3.63) is 26.6 Å². The normalized spacial score (nSPS) is 9.90. The predicted octanol–water partition coefficient (Wildman–Crippen LogP) is 1.78. The lowest BCUT2D eigenvalue weighted by Crippen LogP contribution is -2.06. The Kier molecular flexibility index (Phi) is 2.58. The molecule has 0 saturated heterocycles. The molecule has 0 heterocycles. The lowest BCUT2D eigenvalue weighted by atomic mass is 9.92. The third-order valence-corrected chi connectivity index (χ3v) is 2.85. The van der Waals surface area contributed by atoms with Crippen molar-refractivity contribution in [1.82, 2.24) is 0 Å². The maximum atomic E-state index is 3.47. The maximum Gasteiger partial charge on any atom is 0.139 e. The van der Waals surface area contributed by atoms with Gasteiger partial charge in [0.1, 0.15) is 7.85 Å². The van der Waals surface area contributed by atoms with E-state index < -0.39 is 0 Å². The molecule has 0 amide bonds. The first-order chi connectivity index (χ1) is 4.61. The van der Waals surface area contributed by atoms with Gasteiger partial charge in [0.25, 0.3) is 0 Å². The monoisotopic (exact) mass is 260 g/mol. The van der Waals surface area contributed by atoms with Crippen LogP contribution in [0.5, 0.6) is 0 Å². The summed E-state index contributed by atoms with van der Waals surface area (Å²) in [5, 5.41) is 0. The molecule has 0 aliphatic heterocycles. The van der Waals surface area contributed by atoms with Gasteiger partial charge in [-0.25, -0.2) is 0 Å². The van der Waals surface area contributed by atoms with Gasteiger partial charge in [0.15, 0.2) is 0 Å². The second-order valence-corrected chi connectivity index (χ2v) is 4.10. The summed E-state index contributed by atoms with van der Waals surface area (Å²) in [5.41, 5.74) is 2.62. The van der Waals surface area contributed by atoms with E-state index in [1.54, 1.807) is 0 Å². The summed E-state index contributed by atoms with van der Waals surface area (Å²) in [6, 6.07) is 4.17. The molecule has 0 radical (unpaired) electrons. The smallest absolute Gasteiger partial charge is 0.0839 e. The minimum absolute atomic E-state index is 1.13. The second-order valence-electron chi connectivity index (χ2n) is 2.33. The topological polar surface area (TPSA) is 0 Å². The zero-order chi connectivity index (χ0) is 7.72. The average Bonchev–Trinajstić information content (AvgIpc) is 1.82. The Balaban J connectivity index is 3.31. The van der Waals surface area contributed by atoms with E-state index in [-0.39, 0.29) is 0 Å². The molecule has 10 heavy (non-hydrogen) atoms. The van der Waals surface area contributed by atoms with Crippen LogP contribution in [0.15, 0.2) is 21.1 Å². The molecule has 1 rings (SSSR count). The fourth-order valence-electron chi connectivity index (χ4n) is 0.774. The molecule has 0 atom stereocenters. The zero-order valence-corrected chi connectivity index (χ0v) is 9.08. The molecule has 1 aromatic rings. The standard InChI is InChI=1S/C7H7BBr2/c1-4-6(8)2-5(9)3-7(4)10/h2-3H,8H2,1H3. The highest BCUT2D eigenvalue weighted by Gasteiger charge is 1.98. The van der Waals surface area contributed by atoms with Crippen molar-refractivity contribution < 1.29 is 0 Å². The van der Waals surface area contributed by atoms with Crippen molar-refractivity contribution in [1.29, 1.82) is 0 Å². The van der Waals surface area contributed by atoms with Crippen LogP contribution in [0.3, 0.4) is 0 Å². The molecule has 0 unspecified atom stereocenters.